The van der Waals surface area contributed by atoms with Crippen molar-refractivity contribution in [2.24, 2.45) is 0 Å². The van der Waals surface area contributed by atoms with Crippen LogP contribution in [0, 0.1) is 6.92 Å². The van der Waals surface area contributed by atoms with Crippen LogP contribution < -0.4 is 10.6 Å². The van der Waals surface area contributed by atoms with Gasteiger partial charge >= 0.3 is 0 Å². The van der Waals surface area contributed by atoms with E-state index in [-0.39, 0.29) is 0 Å². The van der Waals surface area contributed by atoms with Gasteiger partial charge in [0.15, 0.2) is 0 Å². The minimum Gasteiger partial charge on any atom is -0.366 e. The van der Waals surface area contributed by atoms with Crippen molar-refractivity contribution in [1.82, 2.24) is 15.0 Å². The molecule has 0 radical (unpaired) electrons. The Hall–Kier alpha value is -2.95. The van der Waals surface area contributed by atoms with Gasteiger partial charge < -0.3 is 10.6 Å². The van der Waals surface area contributed by atoms with Gasteiger partial charge in [0.2, 0.25) is 5.95 Å². The topological polar surface area (TPSA) is 62.7 Å². The summed E-state index contributed by atoms with van der Waals surface area (Å²) in [6, 6.07) is 14.2. The summed E-state index contributed by atoms with van der Waals surface area (Å²) in [7, 11) is 1.82. The summed E-state index contributed by atoms with van der Waals surface area (Å²) in [5.41, 5.74) is 4.34. The van der Waals surface area contributed by atoms with Crippen LogP contribution in [0.15, 0.2) is 54.9 Å². The van der Waals surface area contributed by atoms with Crippen LogP contribution in [0.4, 0.5) is 11.8 Å². The van der Waals surface area contributed by atoms with E-state index in [0.717, 1.165) is 23.6 Å². The number of rotatable bonds is 5. The van der Waals surface area contributed by atoms with Crippen molar-refractivity contribution < 1.29 is 0 Å². The smallest absolute Gasteiger partial charge is 0.224 e. The van der Waals surface area contributed by atoms with Gasteiger partial charge in [0.1, 0.15) is 5.82 Å². The van der Waals surface area contributed by atoms with Crippen LogP contribution in [-0.4, -0.2) is 22.0 Å². The van der Waals surface area contributed by atoms with Crippen molar-refractivity contribution in [1.29, 1.82) is 0 Å². The summed E-state index contributed by atoms with van der Waals surface area (Å²) in [6.07, 6.45) is 3.52. The quantitative estimate of drug-likeness (QED) is 0.755. The lowest BCUT2D eigenvalue weighted by Gasteiger charge is -2.10. The molecular weight excluding hydrogens is 286 g/mol. The van der Waals surface area contributed by atoms with Crippen molar-refractivity contribution in [3.05, 3.63) is 66.0 Å². The highest BCUT2D eigenvalue weighted by Crippen LogP contribution is 2.21. The molecule has 0 saturated heterocycles. The fourth-order valence-electron chi connectivity index (χ4n) is 2.33. The lowest BCUT2D eigenvalue weighted by molar-refractivity contribution is 1.08. The average Bonchev–Trinajstić information content (AvgIpc) is 2.60. The van der Waals surface area contributed by atoms with Gasteiger partial charge in [0.25, 0.3) is 0 Å². The zero-order valence-corrected chi connectivity index (χ0v) is 13.2. The van der Waals surface area contributed by atoms with Crippen molar-refractivity contribution in [2.75, 3.05) is 17.7 Å². The molecular formula is C18H19N5. The van der Waals surface area contributed by atoms with Crippen LogP contribution >= 0.6 is 0 Å². The number of benzene rings is 1. The number of aryl methyl sites for hydroxylation is 1. The Morgan fingerprint density at radius 2 is 1.83 bits per heavy atom. The summed E-state index contributed by atoms with van der Waals surface area (Å²) < 4.78 is 0. The highest BCUT2D eigenvalue weighted by molar-refractivity contribution is 5.63. The third kappa shape index (κ3) is 3.83. The van der Waals surface area contributed by atoms with Crippen LogP contribution in [0.3, 0.4) is 0 Å². The molecule has 0 unspecified atom stereocenters. The van der Waals surface area contributed by atoms with Gasteiger partial charge in [0, 0.05) is 37.6 Å². The SMILES string of the molecule is CNc1nc(NCc2cccc(C)c2)cc(-c2ccncc2)n1. The highest BCUT2D eigenvalue weighted by atomic mass is 15.1. The summed E-state index contributed by atoms with van der Waals surface area (Å²) in [4.78, 5) is 13.0. The van der Waals surface area contributed by atoms with Gasteiger partial charge in [-0.15, -0.1) is 0 Å². The number of nitrogens with one attached hydrogen (secondary N) is 2. The Morgan fingerprint density at radius 3 is 2.57 bits per heavy atom. The first kappa shape index (κ1) is 15.0. The highest BCUT2D eigenvalue weighted by Gasteiger charge is 2.06. The molecule has 2 aromatic heterocycles. The predicted molar refractivity (Wildman–Crippen MR) is 93.3 cm³/mol. The molecule has 5 nitrogen and oxygen atoms in total. The second-order valence-corrected chi connectivity index (χ2v) is 5.29. The molecule has 0 aliphatic rings. The molecule has 0 spiro atoms. The van der Waals surface area contributed by atoms with E-state index in [2.05, 4.69) is 56.8 Å². The third-order valence-electron chi connectivity index (χ3n) is 3.48. The van der Waals surface area contributed by atoms with Gasteiger partial charge in [-0.3, -0.25) is 4.98 Å². The molecule has 1 aromatic carbocycles. The zero-order valence-electron chi connectivity index (χ0n) is 13.2. The largest absolute Gasteiger partial charge is 0.366 e. The van der Waals surface area contributed by atoms with E-state index >= 15 is 0 Å². The molecule has 116 valence electrons. The summed E-state index contributed by atoms with van der Waals surface area (Å²) >= 11 is 0. The summed E-state index contributed by atoms with van der Waals surface area (Å²) in [5.74, 6) is 1.38. The number of hydrogen-bond donors (Lipinski definition) is 2. The van der Waals surface area contributed by atoms with Crippen LogP contribution in [0.5, 0.6) is 0 Å². The second-order valence-electron chi connectivity index (χ2n) is 5.29. The van der Waals surface area contributed by atoms with Crippen LogP contribution in [0.2, 0.25) is 0 Å². The minimum atomic E-state index is 0.589. The standard InChI is InChI=1S/C18H19N5/c1-13-4-3-5-14(10-13)12-21-17-11-16(22-18(19-2)23-17)15-6-8-20-9-7-15/h3-11H,12H2,1-2H3,(H2,19,21,22,23). The second kappa shape index (κ2) is 6.87. The first-order valence-corrected chi connectivity index (χ1v) is 7.51. The van der Waals surface area contributed by atoms with E-state index in [1.54, 1.807) is 12.4 Å². The lowest BCUT2D eigenvalue weighted by Crippen LogP contribution is -2.05. The molecule has 3 aromatic rings. The monoisotopic (exact) mass is 305 g/mol. The van der Waals surface area contributed by atoms with Crippen molar-refractivity contribution in [3.8, 4) is 11.3 Å². The third-order valence-corrected chi connectivity index (χ3v) is 3.48. The molecule has 0 fully saturated rings. The van der Waals surface area contributed by atoms with E-state index in [9.17, 15) is 0 Å². The van der Waals surface area contributed by atoms with Gasteiger partial charge in [-0.05, 0) is 24.6 Å². The van der Waals surface area contributed by atoms with Crippen LogP contribution in [-0.2, 0) is 6.54 Å². The van der Waals surface area contributed by atoms with E-state index in [1.165, 1.54) is 11.1 Å². The van der Waals surface area contributed by atoms with Crippen molar-refractivity contribution in [3.63, 3.8) is 0 Å². The molecule has 0 bridgehead atoms. The molecule has 3 rings (SSSR count). The van der Waals surface area contributed by atoms with Crippen molar-refractivity contribution in [2.45, 2.75) is 13.5 Å². The Labute approximate surface area is 135 Å². The van der Waals surface area contributed by atoms with Crippen LogP contribution in [0.1, 0.15) is 11.1 Å². The molecule has 23 heavy (non-hydrogen) atoms. The van der Waals surface area contributed by atoms with Gasteiger partial charge in [0.05, 0.1) is 5.69 Å². The molecule has 0 saturated carbocycles. The Bertz CT molecular complexity index is 786. The minimum absolute atomic E-state index is 0.589. The number of nitrogens with zero attached hydrogens (tertiary/aromatic N) is 3. The number of hydrogen-bond acceptors (Lipinski definition) is 5. The van der Waals surface area contributed by atoms with E-state index in [1.807, 2.05) is 25.2 Å². The number of pyridine rings is 1. The van der Waals surface area contributed by atoms with Crippen molar-refractivity contribution >= 4 is 11.8 Å². The number of aromatic nitrogens is 3. The summed E-state index contributed by atoms with van der Waals surface area (Å²) in [5, 5.41) is 6.37. The molecule has 2 N–H and O–H groups in total. The first-order chi connectivity index (χ1) is 11.2. The van der Waals surface area contributed by atoms with Gasteiger partial charge in [-0.1, -0.05) is 29.8 Å². The van der Waals surface area contributed by atoms with Gasteiger partial charge in [-0.2, -0.15) is 4.98 Å². The Balaban J connectivity index is 1.84. The molecule has 2 heterocycles. The zero-order chi connectivity index (χ0) is 16.1. The maximum absolute atomic E-state index is 4.50. The predicted octanol–water partition coefficient (Wildman–Crippen LogP) is 3.50. The molecule has 5 heteroatoms. The molecule has 0 aliphatic heterocycles. The van der Waals surface area contributed by atoms with E-state index in [4.69, 9.17) is 0 Å². The molecule has 0 amide bonds. The fraction of sp³-hybridized carbons (Fsp3) is 0.167. The average molecular weight is 305 g/mol. The van der Waals surface area contributed by atoms with E-state index < -0.39 is 0 Å². The fourth-order valence-corrected chi connectivity index (χ4v) is 2.33. The lowest BCUT2D eigenvalue weighted by atomic mass is 10.1. The Morgan fingerprint density at radius 1 is 1.00 bits per heavy atom. The Kier molecular flexibility index (Phi) is 4.47. The first-order valence-electron chi connectivity index (χ1n) is 7.51. The van der Waals surface area contributed by atoms with E-state index in [0.29, 0.717) is 5.95 Å². The molecule has 0 aliphatic carbocycles. The summed E-state index contributed by atoms with van der Waals surface area (Å²) in [6.45, 7) is 2.81. The normalized spacial score (nSPS) is 10.3. The maximum Gasteiger partial charge on any atom is 0.224 e. The van der Waals surface area contributed by atoms with Crippen LogP contribution in [0.25, 0.3) is 11.3 Å². The maximum atomic E-state index is 4.50. The number of anilines is 2. The molecule has 0 atom stereocenters. The van der Waals surface area contributed by atoms with Gasteiger partial charge in [-0.25, -0.2) is 4.98 Å².